The van der Waals surface area contributed by atoms with Gasteiger partial charge in [-0.1, -0.05) is 0 Å². The number of rotatable bonds is 8. The van der Waals surface area contributed by atoms with Crippen LogP contribution in [0.15, 0.2) is 11.7 Å². The number of nitrogens with zero attached hydrogens (tertiary/aromatic N) is 3. The zero-order valence-electron chi connectivity index (χ0n) is 11.3. The largest absolute Gasteiger partial charge is 0.355 e. The number of nitrogens with one attached hydrogen (secondary N) is 2. The van der Waals surface area contributed by atoms with Crippen molar-refractivity contribution in [2.24, 2.45) is 0 Å². The van der Waals surface area contributed by atoms with Crippen molar-refractivity contribution in [3.05, 3.63) is 28.2 Å². The first kappa shape index (κ1) is 15.0. The number of carbonyl (C=O) groups excluding carboxylic acids is 1. The molecule has 0 aliphatic rings. The molecular formula is C12H17N5OS2. The third-order valence-corrected chi connectivity index (χ3v) is 4.32. The predicted molar refractivity (Wildman–Crippen MR) is 80.7 cm³/mol. The number of aryl methyl sites for hydroxylation is 2. The lowest BCUT2D eigenvalue weighted by atomic mass is 10.3. The Morgan fingerprint density at radius 3 is 3.15 bits per heavy atom. The second-order valence-corrected chi connectivity index (χ2v) is 6.28. The summed E-state index contributed by atoms with van der Waals surface area (Å²) in [7, 11) is 0. The van der Waals surface area contributed by atoms with Crippen LogP contribution in [0.25, 0.3) is 0 Å². The molecule has 0 fully saturated rings. The first-order valence-corrected chi connectivity index (χ1v) is 8.37. The minimum Gasteiger partial charge on any atom is -0.355 e. The zero-order chi connectivity index (χ0) is 14.2. The highest BCUT2D eigenvalue weighted by Crippen LogP contribution is 2.14. The van der Waals surface area contributed by atoms with Crippen molar-refractivity contribution in [2.45, 2.75) is 25.5 Å². The molecule has 2 aromatic rings. The molecular weight excluding hydrogens is 294 g/mol. The average molecular weight is 311 g/mol. The van der Waals surface area contributed by atoms with Gasteiger partial charge in [-0.3, -0.25) is 9.89 Å². The van der Waals surface area contributed by atoms with Gasteiger partial charge in [-0.15, -0.1) is 23.1 Å². The van der Waals surface area contributed by atoms with Crippen molar-refractivity contribution in [1.82, 2.24) is 25.5 Å². The van der Waals surface area contributed by atoms with Crippen molar-refractivity contribution in [1.29, 1.82) is 0 Å². The predicted octanol–water partition coefficient (Wildman–Crippen LogP) is 1.55. The van der Waals surface area contributed by atoms with Crippen LogP contribution in [-0.2, 0) is 17.0 Å². The third kappa shape index (κ3) is 5.30. The highest BCUT2D eigenvalue weighted by atomic mass is 32.2. The fourth-order valence-corrected chi connectivity index (χ4v) is 3.07. The van der Waals surface area contributed by atoms with Crippen LogP contribution in [-0.4, -0.2) is 38.4 Å². The van der Waals surface area contributed by atoms with Gasteiger partial charge in [0.15, 0.2) is 0 Å². The monoisotopic (exact) mass is 311 g/mol. The average Bonchev–Trinajstić information content (AvgIpc) is 3.06. The van der Waals surface area contributed by atoms with E-state index >= 15 is 0 Å². The SMILES string of the molecule is Cc1nc(CSCC(=O)NCCCc2ncn[nH]2)cs1. The number of hydrogen-bond donors (Lipinski definition) is 2. The van der Waals surface area contributed by atoms with Crippen LogP contribution in [0.5, 0.6) is 0 Å². The van der Waals surface area contributed by atoms with E-state index in [9.17, 15) is 4.79 Å². The smallest absolute Gasteiger partial charge is 0.230 e. The van der Waals surface area contributed by atoms with E-state index in [0.717, 1.165) is 35.1 Å². The molecule has 6 nitrogen and oxygen atoms in total. The van der Waals surface area contributed by atoms with Crippen LogP contribution in [0.4, 0.5) is 0 Å². The summed E-state index contributed by atoms with van der Waals surface area (Å²) >= 11 is 3.23. The molecule has 1 amide bonds. The standard InChI is InChI=1S/C12H17N5OS2/c1-9-16-10(6-20-9)5-19-7-12(18)13-4-2-3-11-14-8-15-17-11/h6,8H,2-5,7H2,1H3,(H,13,18)(H,14,15,17). The quantitative estimate of drug-likeness (QED) is 0.723. The Labute approximate surface area is 125 Å². The Morgan fingerprint density at radius 1 is 1.55 bits per heavy atom. The Bertz CT molecular complexity index is 526. The normalized spacial score (nSPS) is 10.7. The summed E-state index contributed by atoms with van der Waals surface area (Å²) in [6.07, 6.45) is 3.15. The van der Waals surface area contributed by atoms with Gasteiger partial charge in [0.1, 0.15) is 12.2 Å². The van der Waals surface area contributed by atoms with E-state index in [4.69, 9.17) is 0 Å². The summed E-state index contributed by atoms with van der Waals surface area (Å²) in [6, 6.07) is 0. The number of thiazole rings is 1. The molecule has 0 spiro atoms. The lowest BCUT2D eigenvalue weighted by Crippen LogP contribution is -2.26. The summed E-state index contributed by atoms with van der Waals surface area (Å²) < 4.78 is 0. The molecule has 0 aliphatic carbocycles. The summed E-state index contributed by atoms with van der Waals surface area (Å²) in [5, 5.41) is 12.6. The van der Waals surface area contributed by atoms with Gasteiger partial charge in [0.05, 0.1) is 16.5 Å². The van der Waals surface area contributed by atoms with Gasteiger partial charge in [-0.2, -0.15) is 5.10 Å². The van der Waals surface area contributed by atoms with Gasteiger partial charge in [0, 0.05) is 24.1 Å². The van der Waals surface area contributed by atoms with Crippen LogP contribution in [0.2, 0.25) is 0 Å². The van der Waals surface area contributed by atoms with Crippen LogP contribution >= 0.6 is 23.1 Å². The second-order valence-electron chi connectivity index (χ2n) is 4.24. The highest BCUT2D eigenvalue weighted by Gasteiger charge is 2.04. The van der Waals surface area contributed by atoms with Gasteiger partial charge >= 0.3 is 0 Å². The Kier molecular flexibility index (Phi) is 6.00. The van der Waals surface area contributed by atoms with Crippen molar-refractivity contribution in [3.63, 3.8) is 0 Å². The summed E-state index contributed by atoms with van der Waals surface area (Å²) in [4.78, 5) is 20.0. The van der Waals surface area contributed by atoms with E-state index < -0.39 is 0 Å². The maximum Gasteiger partial charge on any atom is 0.230 e. The molecule has 0 unspecified atom stereocenters. The van der Waals surface area contributed by atoms with E-state index in [1.807, 2.05) is 12.3 Å². The molecule has 0 saturated carbocycles. The minimum absolute atomic E-state index is 0.0690. The molecule has 0 atom stereocenters. The number of thioether (sulfide) groups is 1. The molecule has 2 aromatic heterocycles. The van der Waals surface area contributed by atoms with E-state index in [2.05, 4.69) is 25.5 Å². The molecule has 0 radical (unpaired) electrons. The lowest BCUT2D eigenvalue weighted by Gasteiger charge is -2.03. The Balaban J connectivity index is 1.52. The molecule has 0 aromatic carbocycles. The first-order valence-electron chi connectivity index (χ1n) is 6.34. The molecule has 0 saturated heterocycles. The number of carbonyl (C=O) groups is 1. The highest BCUT2D eigenvalue weighted by molar-refractivity contribution is 7.99. The number of H-pyrrole nitrogens is 1. The van der Waals surface area contributed by atoms with Crippen molar-refractivity contribution in [3.8, 4) is 0 Å². The lowest BCUT2D eigenvalue weighted by molar-refractivity contribution is -0.118. The fraction of sp³-hybridized carbons (Fsp3) is 0.500. The summed E-state index contributed by atoms with van der Waals surface area (Å²) in [5.74, 6) is 2.18. The molecule has 0 bridgehead atoms. The minimum atomic E-state index is 0.0690. The van der Waals surface area contributed by atoms with E-state index in [0.29, 0.717) is 12.3 Å². The molecule has 2 rings (SSSR count). The van der Waals surface area contributed by atoms with Gasteiger partial charge < -0.3 is 5.32 Å². The molecule has 0 aliphatic heterocycles. The fourth-order valence-electron chi connectivity index (χ4n) is 1.61. The molecule has 2 N–H and O–H groups in total. The Morgan fingerprint density at radius 2 is 2.45 bits per heavy atom. The van der Waals surface area contributed by atoms with Crippen LogP contribution < -0.4 is 5.32 Å². The Hall–Kier alpha value is -1.41. The molecule has 108 valence electrons. The maximum atomic E-state index is 11.6. The van der Waals surface area contributed by atoms with Crippen LogP contribution in [0.3, 0.4) is 0 Å². The third-order valence-electron chi connectivity index (χ3n) is 2.53. The van der Waals surface area contributed by atoms with E-state index in [-0.39, 0.29) is 5.91 Å². The van der Waals surface area contributed by atoms with E-state index in [1.165, 1.54) is 6.33 Å². The summed E-state index contributed by atoms with van der Waals surface area (Å²) in [5.41, 5.74) is 1.05. The first-order chi connectivity index (χ1) is 9.74. The number of aromatic amines is 1. The molecule has 2 heterocycles. The second kappa shape index (κ2) is 8.01. The van der Waals surface area contributed by atoms with Gasteiger partial charge in [0.25, 0.3) is 0 Å². The zero-order valence-corrected chi connectivity index (χ0v) is 12.9. The number of aromatic nitrogens is 4. The summed E-state index contributed by atoms with van der Waals surface area (Å²) in [6.45, 7) is 2.65. The topological polar surface area (TPSA) is 83.6 Å². The number of amides is 1. The van der Waals surface area contributed by atoms with Gasteiger partial charge in [0.2, 0.25) is 5.91 Å². The van der Waals surface area contributed by atoms with E-state index in [1.54, 1.807) is 23.1 Å². The van der Waals surface area contributed by atoms with Gasteiger partial charge in [-0.25, -0.2) is 9.97 Å². The molecule has 8 heteroatoms. The van der Waals surface area contributed by atoms with Crippen molar-refractivity contribution < 1.29 is 4.79 Å². The molecule has 20 heavy (non-hydrogen) atoms. The van der Waals surface area contributed by atoms with Crippen LogP contribution in [0, 0.1) is 6.92 Å². The number of hydrogen-bond acceptors (Lipinski definition) is 6. The maximum absolute atomic E-state index is 11.6. The van der Waals surface area contributed by atoms with Crippen molar-refractivity contribution in [2.75, 3.05) is 12.3 Å². The van der Waals surface area contributed by atoms with Crippen LogP contribution in [0.1, 0.15) is 22.9 Å². The van der Waals surface area contributed by atoms with Gasteiger partial charge in [-0.05, 0) is 13.3 Å². The van der Waals surface area contributed by atoms with Crippen molar-refractivity contribution >= 4 is 29.0 Å².